The molecule has 0 aromatic carbocycles. The van der Waals surface area contributed by atoms with Crippen LogP contribution < -0.4 is 0 Å². The largest absolute Gasteiger partial charge is 0.377 e. The van der Waals surface area contributed by atoms with Crippen molar-refractivity contribution in [2.75, 3.05) is 32.8 Å². The van der Waals surface area contributed by atoms with Crippen LogP contribution in [-0.4, -0.2) is 65.8 Å². The number of carbonyl (C=O) groups is 1. The second-order valence-corrected chi connectivity index (χ2v) is 6.41. The summed E-state index contributed by atoms with van der Waals surface area (Å²) in [7, 11) is 0. The standard InChI is InChI=1S/C15H21N3O3/c19-15(14-3-4-16-21-14)18-6-5-17-9-13(7-12(17)8-18)20-10-11-1-2-11/h3-4,11-13H,1-2,5-10H2/t12-,13+/m0/s1. The van der Waals surface area contributed by atoms with Crippen molar-refractivity contribution in [3.8, 4) is 0 Å². The van der Waals surface area contributed by atoms with Gasteiger partial charge in [0.1, 0.15) is 0 Å². The van der Waals surface area contributed by atoms with Gasteiger partial charge in [0.05, 0.1) is 12.3 Å². The number of nitrogens with zero attached hydrogens (tertiary/aromatic N) is 3. The third-order valence-electron chi connectivity index (χ3n) is 4.78. The number of hydrogen-bond acceptors (Lipinski definition) is 5. The molecule has 6 nitrogen and oxygen atoms in total. The van der Waals surface area contributed by atoms with Gasteiger partial charge in [0.25, 0.3) is 5.91 Å². The molecule has 3 aliphatic rings. The molecule has 0 bridgehead atoms. The first-order chi connectivity index (χ1) is 10.3. The first kappa shape index (κ1) is 13.3. The fourth-order valence-electron chi connectivity index (χ4n) is 3.34. The van der Waals surface area contributed by atoms with E-state index in [0.717, 1.165) is 45.1 Å². The van der Waals surface area contributed by atoms with Gasteiger partial charge in [-0.25, -0.2) is 0 Å². The molecular weight excluding hydrogens is 270 g/mol. The molecule has 4 rings (SSSR count). The topological polar surface area (TPSA) is 58.8 Å². The summed E-state index contributed by atoms with van der Waals surface area (Å²) in [5.74, 6) is 1.10. The van der Waals surface area contributed by atoms with Crippen LogP contribution in [0.1, 0.15) is 29.8 Å². The number of hydrogen-bond donors (Lipinski definition) is 0. The average Bonchev–Trinajstić information content (AvgIpc) is 3.02. The van der Waals surface area contributed by atoms with Crippen molar-refractivity contribution in [2.24, 2.45) is 5.92 Å². The zero-order chi connectivity index (χ0) is 14.2. The highest BCUT2D eigenvalue weighted by Crippen LogP contribution is 2.31. The van der Waals surface area contributed by atoms with Gasteiger partial charge >= 0.3 is 0 Å². The number of rotatable bonds is 4. The second-order valence-electron chi connectivity index (χ2n) is 6.41. The Bertz CT molecular complexity index is 500. The minimum atomic E-state index is -0.0468. The van der Waals surface area contributed by atoms with Crippen molar-refractivity contribution in [3.05, 3.63) is 18.0 Å². The van der Waals surface area contributed by atoms with E-state index >= 15 is 0 Å². The summed E-state index contributed by atoms with van der Waals surface area (Å²) < 4.78 is 11.0. The molecule has 114 valence electrons. The minimum Gasteiger partial charge on any atom is -0.377 e. The Morgan fingerprint density at radius 3 is 3.05 bits per heavy atom. The summed E-state index contributed by atoms with van der Waals surface area (Å²) in [5, 5.41) is 3.61. The molecule has 0 unspecified atom stereocenters. The van der Waals surface area contributed by atoms with Crippen molar-refractivity contribution < 1.29 is 14.1 Å². The Morgan fingerprint density at radius 1 is 1.38 bits per heavy atom. The van der Waals surface area contributed by atoms with Crippen molar-refractivity contribution in [3.63, 3.8) is 0 Å². The van der Waals surface area contributed by atoms with Crippen molar-refractivity contribution >= 4 is 5.91 Å². The third kappa shape index (κ3) is 2.82. The van der Waals surface area contributed by atoms with Crippen LogP contribution in [-0.2, 0) is 4.74 Å². The summed E-state index contributed by atoms with van der Waals surface area (Å²) in [5.41, 5.74) is 0. The van der Waals surface area contributed by atoms with E-state index in [1.54, 1.807) is 6.07 Å². The number of ether oxygens (including phenoxy) is 1. The lowest BCUT2D eigenvalue weighted by atomic mass is 10.1. The Labute approximate surface area is 124 Å². The van der Waals surface area contributed by atoms with Crippen LogP contribution in [0.25, 0.3) is 0 Å². The molecule has 6 heteroatoms. The van der Waals surface area contributed by atoms with E-state index in [4.69, 9.17) is 9.26 Å². The van der Waals surface area contributed by atoms with E-state index in [9.17, 15) is 4.79 Å². The van der Waals surface area contributed by atoms with E-state index in [1.807, 2.05) is 4.90 Å². The van der Waals surface area contributed by atoms with E-state index in [1.165, 1.54) is 19.0 Å². The van der Waals surface area contributed by atoms with Crippen LogP contribution in [0, 0.1) is 5.92 Å². The zero-order valence-electron chi connectivity index (χ0n) is 12.1. The zero-order valence-corrected chi connectivity index (χ0v) is 12.1. The van der Waals surface area contributed by atoms with Crippen LogP contribution in [0.4, 0.5) is 0 Å². The van der Waals surface area contributed by atoms with E-state index in [2.05, 4.69) is 10.1 Å². The molecular formula is C15H21N3O3. The fraction of sp³-hybridized carbons (Fsp3) is 0.733. The minimum absolute atomic E-state index is 0.0468. The van der Waals surface area contributed by atoms with Gasteiger partial charge in [-0.05, 0) is 25.2 Å². The van der Waals surface area contributed by atoms with Gasteiger partial charge in [-0.3, -0.25) is 9.69 Å². The van der Waals surface area contributed by atoms with Crippen LogP contribution in [0.2, 0.25) is 0 Å². The highest BCUT2D eigenvalue weighted by Gasteiger charge is 2.39. The number of carbonyl (C=O) groups excluding carboxylic acids is 1. The average molecular weight is 291 g/mol. The lowest BCUT2D eigenvalue weighted by molar-refractivity contribution is 0.0480. The summed E-state index contributed by atoms with van der Waals surface area (Å²) in [4.78, 5) is 16.6. The van der Waals surface area contributed by atoms with E-state index < -0.39 is 0 Å². The lowest BCUT2D eigenvalue weighted by Crippen LogP contribution is -2.52. The van der Waals surface area contributed by atoms with Crippen molar-refractivity contribution in [1.29, 1.82) is 0 Å². The molecule has 0 radical (unpaired) electrons. The lowest BCUT2D eigenvalue weighted by Gasteiger charge is -2.36. The quantitative estimate of drug-likeness (QED) is 0.828. The predicted molar refractivity (Wildman–Crippen MR) is 74.8 cm³/mol. The number of piperazine rings is 1. The highest BCUT2D eigenvalue weighted by molar-refractivity contribution is 5.91. The molecule has 1 aromatic rings. The van der Waals surface area contributed by atoms with Gasteiger partial charge in [0.2, 0.25) is 5.76 Å². The van der Waals surface area contributed by atoms with Gasteiger partial charge in [-0.15, -0.1) is 0 Å². The summed E-state index contributed by atoms with van der Waals surface area (Å²) in [6.45, 7) is 4.38. The number of fused-ring (bicyclic) bond motifs is 1. The maximum Gasteiger partial charge on any atom is 0.292 e. The Balaban J connectivity index is 1.33. The second kappa shape index (κ2) is 5.42. The SMILES string of the molecule is O=C(c1ccno1)N1CCN2C[C@H](OCC3CC3)C[C@H]2C1. The van der Waals surface area contributed by atoms with Gasteiger partial charge in [-0.1, -0.05) is 5.16 Å². The number of aromatic nitrogens is 1. The fourth-order valence-corrected chi connectivity index (χ4v) is 3.34. The Kier molecular flexibility index (Phi) is 3.43. The smallest absolute Gasteiger partial charge is 0.292 e. The Morgan fingerprint density at radius 2 is 2.29 bits per heavy atom. The maximum absolute atomic E-state index is 12.3. The van der Waals surface area contributed by atoms with Gasteiger partial charge < -0.3 is 14.2 Å². The Hall–Kier alpha value is -1.40. The molecule has 1 amide bonds. The first-order valence-corrected chi connectivity index (χ1v) is 7.85. The summed E-state index contributed by atoms with van der Waals surface area (Å²) in [6.07, 6.45) is 5.56. The van der Waals surface area contributed by atoms with E-state index in [-0.39, 0.29) is 5.91 Å². The monoisotopic (exact) mass is 291 g/mol. The molecule has 1 aromatic heterocycles. The first-order valence-electron chi connectivity index (χ1n) is 7.85. The number of amides is 1. The van der Waals surface area contributed by atoms with E-state index in [0.29, 0.717) is 17.9 Å². The van der Waals surface area contributed by atoms with Crippen LogP contribution in [0.15, 0.2) is 16.8 Å². The molecule has 1 aliphatic carbocycles. The molecule has 3 heterocycles. The van der Waals surface area contributed by atoms with Crippen LogP contribution in [0.5, 0.6) is 0 Å². The predicted octanol–water partition coefficient (Wildman–Crippen LogP) is 1.000. The molecule has 3 fully saturated rings. The maximum atomic E-state index is 12.3. The van der Waals surface area contributed by atoms with Gasteiger partial charge in [-0.2, -0.15) is 0 Å². The van der Waals surface area contributed by atoms with Gasteiger partial charge in [0.15, 0.2) is 0 Å². The normalized spacial score (nSPS) is 29.6. The van der Waals surface area contributed by atoms with Crippen LogP contribution in [0.3, 0.4) is 0 Å². The van der Waals surface area contributed by atoms with Crippen molar-refractivity contribution in [2.45, 2.75) is 31.4 Å². The van der Waals surface area contributed by atoms with Gasteiger partial charge in [0, 0.05) is 44.9 Å². The molecule has 2 atom stereocenters. The summed E-state index contributed by atoms with van der Waals surface area (Å²) in [6, 6.07) is 2.06. The van der Waals surface area contributed by atoms with Crippen LogP contribution >= 0.6 is 0 Å². The highest BCUT2D eigenvalue weighted by atomic mass is 16.5. The molecule has 0 N–H and O–H groups in total. The molecule has 21 heavy (non-hydrogen) atoms. The molecule has 0 spiro atoms. The molecule has 2 aliphatic heterocycles. The summed E-state index contributed by atoms with van der Waals surface area (Å²) >= 11 is 0. The third-order valence-corrected chi connectivity index (χ3v) is 4.78. The van der Waals surface area contributed by atoms with Crippen molar-refractivity contribution in [1.82, 2.24) is 15.0 Å². The molecule has 2 saturated heterocycles. The molecule has 1 saturated carbocycles.